The fourth-order valence-corrected chi connectivity index (χ4v) is 3.54. The number of nitrogens with zero attached hydrogens (tertiary/aromatic N) is 2. The van der Waals surface area contributed by atoms with Gasteiger partial charge >= 0.3 is 0 Å². The van der Waals surface area contributed by atoms with Crippen molar-refractivity contribution in [2.45, 2.75) is 19.8 Å². The summed E-state index contributed by atoms with van der Waals surface area (Å²) in [7, 11) is 2.16. The van der Waals surface area contributed by atoms with Crippen molar-refractivity contribution < 1.29 is 14.5 Å². The molecule has 1 N–H and O–H groups in total. The van der Waals surface area contributed by atoms with Crippen LogP contribution in [0.15, 0.2) is 24.3 Å². The first-order chi connectivity index (χ1) is 11.5. The lowest BCUT2D eigenvalue weighted by molar-refractivity contribution is -0.883. The Balaban J connectivity index is 1.51. The number of likely N-dealkylation sites (N-methyl/N-ethyl adjacent to an activating group) is 1. The molecule has 24 heavy (non-hydrogen) atoms. The molecule has 0 aliphatic carbocycles. The number of piperazine rings is 1. The highest BCUT2D eigenvalue weighted by atomic mass is 16.2. The average molecular weight is 330 g/mol. The van der Waals surface area contributed by atoms with Crippen LogP contribution in [0.25, 0.3) is 0 Å². The minimum absolute atomic E-state index is 0.125. The van der Waals surface area contributed by atoms with Crippen molar-refractivity contribution in [3.8, 4) is 0 Å². The van der Waals surface area contributed by atoms with E-state index in [0.717, 1.165) is 32.6 Å². The summed E-state index contributed by atoms with van der Waals surface area (Å²) in [5, 5.41) is 0. The SMILES string of the molecule is Cc1ccc(CCN2CC(C(=O)N3CC[NH+](C)CC3)CC2=O)cc1. The quantitative estimate of drug-likeness (QED) is 0.827. The number of hydrogen-bond acceptors (Lipinski definition) is 2. The van der Waals surface area contributed by atoms with Crippen molar-refractivity contribution in [2.75, 3.05) is 46.3 Å². The molecular formula is C19H28N3O2+. The van der Waals surface area contributed by atoms with Crippen LogP contribution < -0.4 is 4.90 Å². The average Bonchev–Trinajstić information content (AvgIpc) is 2.95. The van der Waals surface area contributed by atoms with Gasteiger partial charge in [0.05, 0.1) is 39.1 Å². The number of nitrogens with one attached hydrogen (secondary N) is 1. The summed E-state index contributed by atoms with van der Waals surface area (Å²) in [6, 6.07) is 8.43. The van der Waals surface area contributed by atoms with E-state index in [1.165, 1.54) is 16.0 Å². The molecule has 2 saturated heterocycles. The Morgan fingerprint density at radius 1 is 1.21 bits per heavy atom. The molecule has 130 valence electrons. The number of aryl methyl sites for hydroxylation is 1. The normalized spacial score (nSPS) is 22.2. The molecule has 3 rings (SSSR count). The highest BCUT2D eigenvalue weighted by molar-refractivity contribution is 5.89. The Labute approximate surface area is 144 Å². The van der Waals surface area contributed by atoms with Gasteiger partial charge in [0.2, 0.25) is 11.8 Å². The molecule has 1 aromatic rings. The maximum atomic E-state index is 12.6. The lowest BCUT2D eigenvalue weighted by atomic mass is 10.1. The maximum absolute atomic E-state index is 12.6. The summed E-state index contributed by atoms with van der Waals surface area (Å²) >= 11 is 0. The number of hydrogen-bond donors (Lipinski definition) is 1. The van der Waals surface area contributed by atoms with Crippen molar-refractivity contribution in [1.82, 2.24) is 9.80 Å². The zero-order valence-corrected chi connectivity index (χ0v) is 14.8. The van der Waals surface area contributed by atoms with E-state index in [4.69, 9.17) is 0 Å². The molecule has 1 atom stereocenters. The molecule has 2 heterocycles. The number of likely N-dealkylation sites (tertiary alicyclic amines) is 1. The molecule has 1 aromatic carbocycles. The molecule has 0 spiro atoms. The second-order valence-electron chi connectivity index (χ2n) is 7.26. The maximum Gasteiger partial charge on any atom is 0.228 e. The second kappa shape index (κ2) is 7.34. The van der Waals surface area contributed by atoms with E-state index in [2.05, 4.69) is 38.2 Å². The Morgan fingerprint density at radius 3 is 2.54 bits per heavy atom. The van der Waals surface area contributed by atoms with Crippen LogP contribution in [0.5, 0.6) is 0 Å². The van der Waals surface area contributed by atoms with Gasteiger partial charge in [-0.05, 0) is 18.9 Å². The van der Waals surface area contributed by atoms with Crippen LogP contribution in [-0.2, 0) is 16.0 Å². The van der Waals surface area contributed by atoms with Crippen LogP contribution in [0.1, 0.15) is 17.5 Å². The fraction of sp³-hybridized carbons (Fsp3) is 0.579. The highest BCUT2D eigenvalue weighted by Gasteiger charge is 2.37. The number of carbonyl (C=O) groups excluding carboxylic acids is 2. The summed E-state index contributed by atoms with van der Waals surface area (Å²) in [5.74, 6) is 0.155. The third-order valence-electron chi connectivity index (χ3n) is 5.28. The molecule has 0 saturated carbocycles. The number of quaternary nitrogens is 1. The largest absolute Gasteiger partial charge is 0.342 e. The standard InChI is InChI=1S/C19H27N3O2/c1-15-3-5-16(6-4-15)7-8-22-14-17(13-18(22)23)19(24)21-11-9-20(2)10-12-21/h3-6,17H,7-14H2,1-2H3/p+1. The Kier molecular flexibility index (Phi) is 5.19. The monoisotopic (exact) mass is 330 g/mol. The molecule has 1 unspecified atom stereocenters. The zero-order chi connectivity index (χ0) is 17.1. The van der Waals surface area contributed by atoms with Crippen molar-refractivity contribution in [3.05, 3.63) is 35.4 Å². The third-order valence-corrected chi connectivity index (χ3v) is 5.28. The van der Waals surface area contributed by atoms with Gasteiger partial charge in [0, 0.05) is 19.5 Å². The Morgan fingerprint density at radius 2 is 1.88 bits per heavy atom. The molecular weight excluding hydrogens is 302 g/mol. The van der Waals surface area contributed by atoms with E-state index in [1.54, 1.807) is 0 Å². The minimum Gasteiger partial charge on any atom is -0.342 e. The van der Waals surface area contributed by atoms with Gasteiger partial charge in [0.25, 0.3) is 0 Å². The molecule has 0 aromatic heterocycles. The summed E-state index contributed by atoms with van der Waals surface area (Å²) in [6.07, 6.45) is 1.23. The van der Waals surface area contributed by atoms with E-state index in [9.17, 15) is 9.59 Å². The Hall–Kier alpha value is -1.88. The predicted molar refractivity (Wildman–Crippen MR) is 92.8 cm³/mol. The summed E-state index contributed by atoms with van der Waals surface area (Å²) in [6.45, 7) is 7.01. The summed E-state index contributed by atoms with van der Waals surface area (Å²) in [4.78, 5) is 30.2. The molecule has 0 radical (unpaired) electrons. The van der Waals surface area contributed by atoms with E-state index < -0.39 is 0 Å². The van der Waals surface area contributed by atoms with Crippen LogP contribution in [0.3, 0.4) is 0 Å². The molecule has 2 fully saturated rings. The van der Waals surface area contributed by atoms with Gasteiger partial charge in [-0.2, -0.15) is 0 Å². The third kappa shape index (κ3) is 3.96. The van der Waals surface area contributed by atoms with Gasteiger partial charge in [0.15, 0.2) is 0 Å². The van der Waals surface area contributed by atoms with E-state index in [1.807, 2.05) is 9.80 Å². The minimum atomic E-state index is -0.145. The summed E-state index contributed by atoms with van der Waals surface area (Å²) < 4.78 is 0. The van der Waals surface area contributed by atoms with Gasteiger partial charge in [-0.25, -0.2) is 0 Å². The topological polar surface area (TPSA) is 45.1 Å². The zero-order valence-electron chi connectivity index (χ0n) is 14.8. The number of carbonyl (C=O) groups is 2. The van der Waals surface area contributed by atoms with Crippen LogP contribution in [0.2, 0.25) is 0 Å². The first-order valence-electron chi connectivity index (χ1n) is 8.96. The molecule has 2 aliphatic heterocycles. The van der Waals surface area contributed by atoms with Crippen molar-refractivity contribution in [2.24, 2.45) is 5.92 Å². The lowest BCUT2D eigenvalue weighted by Gasteiger charge is -2.31. The first kappa shape index (κ1) is 17.0. The second-order valence-corrected chi connectivity index (χ2v) is 7.26. The van der Waals surface area contributed by atoms with Crippen LogP contribution >= 0.6 is 0 Å². The predicted octanol–water partition coefficient (Wildman–Crippen LogP) is -0.257. The first-order valence-corrected chi connectivity index (χ1v) is 8.96. The van der Waals surface area contributed by atoms with Crippen molar-refractivity contribution in [3.63, 3.8) is 0 Å². The van der Waals surface area contributed by atoms with Crippen LogP contribution in [0, 0.1) is 12.8 Å². The number of amides is 2. The number of rotatable bonds is 4. The highest BCUT2D eigenvalue weighted by Crippen LogP contribution is 2.20. The van der Waals surface area contributed by atoms with E-state index >= 15 is 0 Å². The lowest BCUT2D eigenvalue weighted by Crippen LogP contribution is -3.12. The van der Waals surface area contributed by atoms with Gasteiger partial charge < -0.3 is 14.7 Å². The molecule has 5 nitrogen and oxygen atoms in total. The van der Waals surface area contributed by atoms with Gasteiger partial charge in [0.1, 0.15) is 0 Å². The Bertz CT molecular complexity index is 591. The molecule has 5 heteroatoms. The van der Waals surface area contributed by atoms with Crippen LogP contribution in [0.4, 0.5) is 0 Å². The molecule has 0 bridgehead atoms. The van der Waals surface area contributed by atoms with Gasteiger partial charge in [-0.1, -0.05) is 29.8 Å². The van der Waals surface area contributed by atoms with E-state index in [-0.39, 0.29) is 17.7 Å². The van der Waals surface area contributed by atoms with E-state index in [0.29, 0.717) is 19.5 Å². The van der Waals surface area contributed by atoms with Crippen LogP contribution in [-0.4, -0.2) is 67.9 Å². The van der Waals surface area contributed by atoms with Gasteiger partial charge in [-0.15, -0.1) is 0 Å². The number of benzene rings is 1. The molecule has 2 aliphatic rings. The smallest absolute Gasteiger partial charge is 0.228 e. The molecule has 2 amide bonds. The fourth-order valence-electron chi connectivity index (χ4n) is 3.54. The van der Waals surface area contributed by atoms with Crippen molar-refractivity contribution >= 4 is 11.8 Å². The van der Waals surface area contributed by atoms with Crippen molar-refractivity contribution in [1.29, 1.82) is 0 Å². The van der Waals surface area contributed by atoms with Gasteiger partial charge in [-0.3, -0.25) is 9.59 Å². The summed E-state index contributed by atoms with van der Waals surface area (Å²) in [5.41, 5.74) is 2.49.